The highest BCUT2D eigenvalue weighted by molar-refractivity contribution is 6.30. The van der Waals surface area contributed by atoms with Crippen molar-refractivity contribution in [3.63, 3.8) is 0 Å². The lowest BCUT2D eigenvalue weighted by molar-refractivity contribution is -0.143. The highest BCUT2D eigenvalue weighted by Crippen LogP contribution is 2.23. The number of carboxylic acids is 1. The fraction of sp³-hybridized carbons (Fsp3) is 0.316. The number of likely N-dealkylation sites (tertiary alicyclic amines) is 1. The van der Waals surface area contributed by atoms with Crippen molar-refractivity contribution in [3.05, 3.63) is 59.1 Å². The van der Waals surface area contributed by atoms with Crippen LogP contribution in [0.1, 0.15) is 18.4 Å². The van der Waals surface area contributed by atoms with E-state index >= 15 is 0 Å². The van der Waals surface area contributed by atoms with Crippen LogP contribution in [0.2, 0.25) is 5.02 Å². The highest BCUT2D eigenvalue weighted by Gasteiger charge is 2.24. The Balaban J connectivity index is 1.60. The van der Waals surface area contributed by atoms with E-state index in [2.05, 4.69) is 29.2 Å². The second-order valence-electron chi connectivity index (χ2n) is 6.09. The average molecular weight is 330 g/mol. The van der Waals surface area contributed by atoms with Gasteiger partial charge in [0.1, 0.15) is 0 Å². The molecule has 3 nitrogen and oxygen atoms in total. The summed E-state index contributed by atoms with van der Waals surface area (Å²) < 4.78 is 0. The summed E-state index contributed by atoms with van der Waals surface area (Å²) in [6.07, 6.45) is 1.50. The molecule has 1 heterocycles. The summed E-state index contributed by atoms with van der Waals surface area (Å²) in [5.41, 5.74) is 3.59. The summed E-state index contributed by atoms with van der Waals surface area (Å²) in [6.45, 7) is 2.60. The Morgan fingerprint density at radius 1 is 1.00 bits per heavy atom. The SMILES string of the molecule is O=C(O)C1CCN(Cc2ccc(-c3ccc(Cl)cc3)cc2)CC1. The van der Waals surface area contributed by atoms with Crippen LogP contribution in [-0.4, -0.2) is 29.1 Å². The number of benzene rings is 2. The molecule has 2 aromatic carbocycles. The summed E-state index contributed by atoms with van der Waals surface area (Å²) in [7, 11) is 0. The normalized spacial score (nSPS) is 16.4. The summed E-state index contributed by atoms with van der Waals surface area (Å²) in [5.74, 6) is -0.824. The molecule has 1 fully saturated rings. The Labute approximate surface area is 141 Å². The number of aliphatic carboxylic acids is 1. The second kappa shape index (κ2) is 7.16. The van der Waals surface area contributed by atoms with E-state index in [9.17, 15) is 4.79 Å². The van der Waals surface area contributed by atoms with Gasteiger partial charge >= 0.3 is 5.97 Å². The lowest BCUT2D eigenvalue weighted by Crippen LogP contribution is -2.35. The molecule has 1 aliphatic rings. The number of carboxylic acid groups (broad SMARTS) is 1. The molecule has 1 aliphatic heterocycles. The molecule has 1 saturated heterocycles. The van der Waals surface area contributed by atoms with Gasteiger partial charge in [0.15, 0.2) is 0 Å². The summed E-state index contributed by atoms with van der Waals surface area (Å²) in [5, 5.41) is 9.79. The molecule has 3 rings (SSSR count). The van der Waals surface area contributed by atoms with Gasteiger partial charge in [-0.2, -0.15) is 0 Å². The van der Waals surface area contributed by atoms with Crippen LogP contribution in [0.3, 0.4) is 0 Å². The van der Waals surface area contributed by atoms with Gasteiger partial charge in [-0.15, -0.1) is 0 Å². The Bertz CT molecular complexity index is 659. The number of halogens is 1. The zero-order chi connectivity index (χ0) is 16.2. The third-order valence-electron chi connectivity index (χ3n) is 4.47. The minimum atomic E-state index is -0.656. The molecule has 120 valence electrons. The van der Waals surface area contributed by atoms with E-state index in [4.69, 9.17) is 16.7 Å². The van der Waals surface area contributed by atoms with Gasteiger partial charge in [0.05, 0.1) is 5.92 Å². The first-order chi connectivity index (χ1) is 11.1. The molecule has 0 aromatic heterocycles. The molecule has 0 spiro atoms. The molecule has 0 saturated carbocycles. The first kappa shape index (κ1) is 16.0. The Morgan fingerprint density at radius 3 is 2.04 bits per heavy atom. The van der Waals surface area contributed by atoms with Crippen molar-refractivity contribution < 1.29 is 9.90 Å². The molecule has 0 amide bonds. The Kier molecular flexibility index (Phi) is 4.99. The van der Waals surface area contributed by atoms with Crippen molar-refractivity contribution in [2.45, 2.75) is 19.4 Å². The zero-order valence-corrected chi connectivity index (χ0v) is 13.7. The molecular formula is C19H20ClNO2. The maximum atomic E-state index is 11.0. The van der Waals surface area contributed by atoms with Crippen molar-refractivity contribution in [1.82, 2.24) is 4.90 Å². The molecular weight excluding hydrogens is 310 g/mol. The number of nitrogens with zero attached hydrogens (tertiary/aromatic N) is 1. The van der Waals surface area contributed by atoms with Gasteiger partial charge in [0.25, 0.3) is 0 Å². The topological polar surface area (TPSA) is 40.5 Å². The van der Waals surface area contributed by atoms with Crippen LogP contribution in [0.25, 0.3) is 11.1 Å². The van der Waals surface area contributed by atoms with E-state index in [1.165, 1.54) is 11.1 Å². The first-order valence-corrected chi connectivity index (χ1v) is 8.29. The molecule has 0 bridgehead atoms. The van der Waals surface area contributed by atoms with Gasteiger partial charge in [-0.3, -0.25) is 9.69 Å². The van der Waals surface area contributed by atoms with Crippen LogP contribution in [0.5, 0.6) is 0 Å². The lowest BCUT2D eigenvalue weighted by Gasteiger charge is -2.30. The third kappa shape index (κ3) is 4.12. The van der Waals surface area contributed by atoms with Crippen LogP contribution in [0, 0.1) is 5.92 Å². The predicted molar refractivity (Wildman–Crippen MR) is 92.5 cm³/mol. The number of piperidine rings is 1. The molecule has 23 heavy (non-hydrogen) atoms. The van der Waals surface area contributed by atoms with Crippen LogP contribution in [0.4, 0.5) is 0 Å². The number of rotatable bonds is 4. The average Bonchev–Trinajstić information content (AvgIpc) is 2.57. The first-order valence-electron chi connectivity index (χ1n) is 7.92. The van der Waals surface area contributed by atoms with Gasteiger partial charge < -0.3 is 5.11 Å². The largest absolute Gasteiger partial charge is 0.481 e. The molecule has 0 aliphatic carbocycles. The van der Waals surface area contributed by atoms with Crippen molar-refractivity contribution >= 4 is 17.6 Å². The van der Waals surface area contributed by atoms with E-state index < -0.39 is 5.97 Å². The quantitative estimate of drug-likeness (QED) is 0.909. The van der Waals surface area contributed by atoms with Crippen LogP contribution in [0.15, 0.2) is 48.5 Å². The molecule has 2 aromatic rings. The minimum absolute atomic E-state index is 0.168. The van der Waals surface area contributed by atoms with E-state index in [1.54, 1.807) is 0 Å². The lowest BCUT2D eigenvalue weighted by atomic mass is 9.96. The Hall–Kier alpha value is -1.84. The van der Waals surface area contributed by atoms with Crippen LogP contribution < -0.4 is 0 Å². The zero-order valence-electron chi connectivity index (χ0n) is 12.9. The molecule has 0 atom stereocenters. The molecule has 4 heteroatoms. The van der Waals surface area contributed by atoms with Crippen molar-refractivity contribution in [1.29, 1.82) is 0 Å². The maximum Gasteiger partial charge on any atom is 0.306 e. The van der Waals surface area contributed by atoms with Gasteiger partial charge in [-0.1, -0.05) is 48.0 Å². The number of carbonyl (C=O) groups is 1. The van der Waals surface area contributed by atoms with Crippen LogP contribution in [-0.2, 0) is 11.3 Å². The van der Waals surface area contributed by atoms with Crippen molar-refractivity contribution in [3.8, 4) is 11.1 Å². The van der Waals surface area contributed by atoms with E-state index in [-0.39, 0.29) is 5.92 Å². The monoisotopic (exact) mass is 329 g/mol. The van der Waals surface area contributed by atoms with Gasteiger partial charge in [-0.25, -0.2) is 0 Å². The number of hydrogen-bond donors (Lipinski definition) is 1. The highest BCUT2D eigenvalue weighted by atomic mass is 35.5. The van der Waals surface area contributed by atoms with Gasteiger partial charge in [0.2, 0.25) is 0 Å². The smallest absolute Gasteiger partial charge is 0.306 e. The van der Waals surface area contributed by atoms with E-state index in [1.807, 2.05) is 24.3 Å². The fourth-order valence-electron chi connectivity index (χ4n) is 3.04. The van der Waals surface area contributed by atoms with Gasteiger partial charge in [0, 0.05) is 11.6 Å². The maximum absolute atomic E-state index is 11.0. The summed E-state index contributed by atoms with van der Waals surface area (Å²) in [6, 6.07) is 16.4. The Morgan fingerprint density at radius 2 is 1.52 bits per heavy atom. The van der Waals surface area contributed by atoms with Gasteiger partial charge in [-0.05, 0) is 54.8 Å². The number of hydrogen-bond acceptors (Lipinski definition) is 2. The minimum Gasteiger partial charge on any atom is -0.481 e. The van der Waals surface area contributed by atoms with E-state index in [0.717, 1.165) is 43.1 Å². The van der Waals surface area contributed by atoms with Crippen LogP contribution >= 0.6 is 11.6 Å². The van der Waals surface area contributed by atoms with Crippen molar-refractivity contribution in [2.24, 2.45) is 5.92 Å². The predicted octanol–water partition coefficient (Wildman–Crippen LogP) is 4.30. The summed E-state index contributed by atoms with van der Waals surface area (Å²) >= 11 is 5.92. The summed E-state index contributed by atoms with van der Waals surface area (Å²) in [4.78, 5) is 13.3. The van der Waals surface area contributed by atoms with E-state index in [0.29, 0.717) is 0 Å². The third-order valence-corrected chi connectivity index (χ3v) is 4.73. The molecule has 0 unspecified atom stereocenters. The standard InChI is InChI=1S/C19H20ClNO2/c20-18-7-5-16(6-8-18)15-3-1-14(2-4-15)13-21-11-9-17(10-12-21)19(22)23/h1-8,17H,9-13H2,(H,22,23). The molecule has 1 N–H and O–H groups in total. The van der Waals surface area contributed by atoms with Crippen molar-refractivity contribution in [2.75, 3.05) is 13.1 Å². The molecule has 0 radical (unpaired) electrons. The fourth-order valence-corrected chi connectivity index (χ4v) is 3.17. The second-order valence-corrected chi connectivity index (χ2v) is 6.53.